The molecular formula is C18H25OPSi. The Morgan fingerprint density at radius 1 is 0.810 bits per heavy atom. The van der Waals surface area contributed by atoms with E-state index in [2.05, 4.69) is 19.6 Å². The minimum Gasteiger partial charge on any atom is -0.314 e. The van der Waals surface area contributed by atoms with Crippen molar-refractivity contribution in [2.45, 2.75) is 32.1 Å². The number of hydrogen-bond acceptors (Lipinski definition) is 1. The summed E-state index contributed by atoms with van der Waals surface area (Å²) < 4.78 is 13.7. The molecule has 0 N–H and O–H groups in total. The summed E-state index contributed by atoms with van der Waals surface area (Å²) in [5.41, 5.74) is 0. The molecule has 0 aromatic heterocycles. The molecule has 0 saturated carbocycles. The van der Waals surface area contributed by atoms with Crippen molar-refractivity contribution in [2.24, 2.45) is 0 Å². The normalized spacial score (nSPS) is 12.3. The summed E-state index contributed by atoms with van der Waals surface area (Å²) in [6, 6.07) is 21.2. The molecule has 0 saturated heterocycles. The van der Waals surface area contributed by atoms with Crippen LogP contribution in [0.1, 0.15) is 6.42 Å². The van der Waals surface area contributed by atoms with Crippen LogP contribution in [0.25, 0.3) is 0 Å². The van der Waals surface area contributed by atoms with Crippen LogP contribution in [0.3, 0.4) is 0 Å². The summed E-state index contributed by atoms with van der Waals surface area (Å²) in [5, 5.41) is 1.98. The Hall–Kier alpha value is -1.11. The fraction of sp³-hybridized carbons (Fsp3) is 0.333. The summed E-state index contributed by atoms with van der Waals surface area (Å²) in [6.07, 6.45) is 1.84. The van der Waals surface area contributed by atoms with Gasteiger partial charge in [-0.2, -0.15) is 0 Å². The van der Waals surface area contributed by atoms with Crippen molar-refractivity contribution in [1.82, 2.24) is 0 Å². The molecule has 0 spiro atoms. The Balaban J connectivity index is 2.30. The molecule has 2 aromatic carbocycles. The number of hydrogen-bond donors (Lipinski definition) is 0. The Morgan fingerprint density at radius 3 is 1.62 bits per heavy atom. The van der Waals surface area contributed by atoms with E-state index < -0.39 is 15.2 Å². The Kier molecular flexibility index (Phi) is 5.24. The number of benzene rings is 2. The van der Waals surface area contributed by atoms with E-state index in [1.54, 1.807) is 0 Å². The molecule has 0 heterocycles. The fourth-order valence-electron chi connectivity index (χ4n) is 2.58. The van der Waals surface area contributed by atoms with Crippen LogP contribution in [-0.4, -0.2) is 14.2 Å². The average Bonchev–Trinajstić information content (AvgIpc) is 2.47. The van der Waals surface area contributed by atoms with Crippen LogP contribution >= 0.6 is 7.14 Å². The van der Waals surface area contributed by atoms with Gasteiger partial charge in [0.15, 0.2) is 0 Å². The second-order valence-corrected chi connectivity index (χ2v) is 15.4. The largest absolute Gasteiger partial charge is 0.314 e. The van der Waals surface area contributed by atoms with Gasteiger partial charge in [-0.1, -0.05) is 86.3 Å². The third-order valence-electron chi connectivity index (χ3n) is 3.75. The zero-order chi connectivity index (χ0) is 15.3. The van der Waals surface area contributed by atoms with Crippen LogP contribution < -0.4 is 10.6 Å². The minimum absolute atomic E-state index is 0.783. The van der Waals surface area contributed by atoms with Crippen LogP contribution in [0.4, 0.5) is 0 Å². The van der Waals surface area contributed by atoms with E-state index in [0.29, 0.717) is 0 Å². The van der Waals surface area contributed by atoms with E-state index in [1.807, 2.05) is 60.7 Å². The summed E-state index contributed by atoms with van der Waals surface area (Å²) in [4.78, 5) is 0. The predicted octanol–water partition coefficient (Wildman–Crippen LogP) is 4.73. The van der Waals surface area contributed by atoms with Crippen molar-refractivity contribution in [3.05, 3.63) is 60.7 Å². The summed E-state index contributed by atoms with van der Waals surface area (Å²) in [7, 11) is -3.57. The van der Waals surface area contributed by atoms with Gasteiger partial charge in [0, 0.05) is 24.8 Å². The van der Waals surface area contributed by atoms with Crippen LogP contribution in [0.5, 0.6) is 0 Å². The molecule has 0 radical (unpaired) electrons. The second-order valence-electron chi connectivity index (χ2n) is 6.80. The van der Waals surface area contributed by atoms with E-state index in [1.165, 1.54) is 6.04 Å². The molecule has 2 rings (SSSR count). The third kappa shape index (κ3) is 4.43. The first-order valence-electron chi connectivity index (χ1n) is 7.62. The van der Waals surface area contributed by atoms with Crippen LogP contribution in [0.2, 0.25) is 25.7 Å². The molecule has 2 aromatic rings. The van der Waals surface area contributed by atoms with Crippen LogP contribution in [0.15, 0.2) is 60.7 Å². The van der Waals surface area contributed by atoms with E-state index in [9.17, 15) is 4.57 Å². The van der Waals surface area contributed by atoms with E-state index in [0.717, 1.165) is 23.2 Å². The monoisotopic (exact) mass is 316 g/mol. The lowest BCUT2D eigenvalue weighted by Crippen LogP contribution is -2.22. The van der Waals surface area contributed by atoms with Crippen molar-refractivity contribution in [3.8, 4) is 0 Å². The highest BCUT2D eigenvalue weighted by Gasteiger charge is 2.27. The van der Waals surface area contributed by atoms with Crippen LogP contribution in [-0.2, 0) is 4.57 Å². The minimum atomic E-state index is -2.49. The molecule has 3 heteroatoms. The van der Waals surface area contributed by atoms with Gasteiger partial charge in [0.25, 0.3) is 0 Å². The van der Waals surface area contributed by atoms with Gasteiger partial charge in [0.1, 0.15) is 7.14 Å². The number of rotatable bonds is 6. The van der Waals surface area contributed by atoms with E-state index >= 15 is 0 Å². The second kappa shape index (κ2) is 6.77. The van der Waals surface area contributed by atoms with Crippen molar-refractivity contribution < 1.29 is 4.57 Å². The van der Waals surface area contributed by atoms with E-state index in [-0.39, 0.29) is 0 Å². The molecule has 0 fully saturated rings. The molecule has 21 heavy (non-hydrogen) atoms. The van der Waals surface area contributed by atoms with Crippen molar-refractivity contribution in [2.75, 3.05) is 6.16 Å². The molecule has 112 valence electrons. The molecule has 0 amide bonds. The highest BCUT2D eigenvalue weighted by molar-refractivity contribution is 7.78. The summed E-state index contributed by atoms with van der Waals surface area (Å²) in [5.74, 6) is 0. The lowest BCUT2D eigenvalue weighted by molar-refractivity contribution is 0.586. The SMILES string of the molecule is C[Si](C)(C)CCCP(=O)(c1ccccc1)c1ccccc1. The molecule has 1 nitrogen and oxygen atoms in total. The summed E-state index contributed by atoms with van der Waals surface area (Å²) >= 11 is 0. The van der Waals surface area contributed by atoms with Crippen molar-refractivity contribution in [1.29, 1.82) is 0 Å². The molecule has 0 aliphatic heterocycles. The molecular weight excluding hydrogens is 291 g/mol. The summed E-state index contributed by atoms with van der Waals surface area (Å²) in [6.45, 7) is 7.13. The van der Waals surface area contributed by atoms with E-state index in [4.69, 9.17) is 0 Å². The van der Waals surface area contributed by atoms with Gasteiger partial charge in [0.05, 0.1) is 0 Å². The molecule has 0 unspecified atom stereocenters. The average molecular weight is 316 g/mol. The van der Waals surface area contributed by atoms with Crippen molar-refractivity contribution >= 4 is 25.8 Å². The fourth-order valence-corrected chi connectivity index (χ4v) is 6.84. The van der Waals surface area contributed by atoms with Crippen molar-refractivity contribution in [3.63, 3.8) is 0 Å². The van der Waals surface area contributed by atoms with Gasteiger partial charge in [-0.15, -0.1) is 0 Å². The third-order valence-corrected chi connectivity index (χ3v) is 8.81. The van der Waals surface area contributed by atoms with Gasteiger partial charge >= 0.3 is 0 Å². The maximum Gasteiger partial charge on any atom is 0.143 e. The lowest BCUT2D eigenvalue weighted by atomic mass is 10.4. The Bertz CT molecular complexity index is 559. The van der Waals surface area contributed by atoms with Gasteiger partial charge in [-0.25, -0.2) is 0 Å². The zero-order valence-electron chi connectivity index (χ0n) is 13.3. The maximum atomic E-state index is 13.7. The zero-order valence-corrected chi connectivity index (χ0v) is 15.1. The Morgan fingerprint density at radius 2 is 1.24 bits per heavy atom. The Labute approximate surface area is 129 Å². The first-order chi connectivity index (χ1) is 9.92. The maximum absolute atomic E-state index is 13.7. The topological polar surface area (TPSA) is 17.1 Å². The molecule has 0 atom stereocenters. The highest BCUT2D eigenvalue weighted by Crippen LogP contribution is 2.44. The van der Waals surface area contributed by atoms with Crippen LogP contribution in [0, 0.1) is 0 Å². The molecule has 0 aliphatic carbocycles. The quantitative estimate of drug-likeness (QED) is 0.556. The predicted molar refractivity (Wildman–Crippen MR) is 97.4 cm³/mol. The molecule has 0 bridgehead atoms. The lowest BCUT2D eigenvalue weighted by Gasteiger charge is -2.22. The first-order valence-corrected chi connectivity index (χ1v) is 13.2. The van der Waals surface area contributed by atoms with Gasteiger partial charge < -0.3 is 4.57 Å². The standard InChI is InChI=1S/C18H25OPSi/c1-21(2,3)16-10-15-20(19,17-11-6-4-7-12-17)18-13-8-5-9-14-18/h4-9,11-14H,10,15-16H2,1-3H3. The van der Waals surface area contributed by atoms with Gasteiger partial charge in [-0.3, -0.25) is 0 Å². The smallest absolute Gasteiger partial charge is 0.143 e. The first kappa shape index (κ1) is 16.3. The highest BCUT2D eigenvalue weighted by atomic mass is 31.2. The van der Waals surface area contributed by atoms with Gasteiger partial charge in [-0.05, 0) is 6.42 Å². The van der Waals surface area contributed by atoms with Gasteiger partial charge in [0.2, 0.25) is 0 Å². The molecule has 0 aliphatic rings.